The van der Waals surface area contributed by atoms with Crippen molar-refractivity contribution in [3.63, 3.8) is 0 Å². The van der Waals surface area contributed by atoms with Crippen molar-refractivity contribution in [1.29, 1.82) is 5.26 Å². The molecule has 1 amide bonds. The van der Waals surface area contributed by atoms with Crippen LogP contribution in [0.5, 0.6) is 0 Å². The fourth-order valence-electron chi connectivity index (χ4n) is 2.96. The van der Waals surface area contributed by atoms with E-state index in [1.165, 1.54) is 19.0 Å². The quantitative estimate of drug-likeness (QED) is 0.877. The van der Waals surface area contributed by atoms with Gasteiger partial charge in [-0.2, -0.15) is 5.26 Å². The monoisotopic (exact) mass is 286 g/mol. The normalized spacial score (nSPS) is 25.7. The zero-order chi connectivity index (χ0) is 14.7. The maximum absolute atomic E-state index is 12.3. The zero-order valence-electron chi connectivity index (χ0n) is 11.8. The van der Waals surface area contributed by atoms with Gasteiger partial charge in [0.05, 0.1) is 30.9 Å². The minimum Gasteiger partial charge on any atom is -0.378 e. The van der Waals surface area contributed by atoms with E-state index in [9.17, 15) is 4.79 Å². The third-order valence-electron chi connectivity index (χ3n) is 4.12. The van der Waals surface area contributed by atoms with Crippen LogP contribution in [0.2, 0.25) is 0 Å². The number of carbonyl (C=O) groups is 1. The van der Waals surface area contributed by atoms with E-state index in [1.54, 1.807) is 12.1 Å². The van der Waals surface area contributed by atoms with Gasteiger partial charge in [0.25, 0.3) is 5.91 Å². The molecule has 0 unspecified atom stereocenters. The maximum atomic E-state index is 12.3. The van der Waals surface area contributed by atoms with Crippen LogP contribution in [-0.4, -0.2) is 54.2 Å². The van der Waals surface area contributed by atoms with E-state index >= 15 is 0 Å². The summed E-state index contributed by atoms with van der Waals surface area (Å²) in [6.45, 7) is 3.39. The van der Waals surface area contributed by atoms with Crippen LogP contribution >= 0.6 is 0 Å². The summed E-state index contributed by atoms with van der Waals surface area (Å²) in [5.41, 5.74) is 0.784. The van der Waals surface area contributed by atoms with E-state index in [-0.39, 0.29) is 18.0 Å². The smallest absolute Gasteiger partial charge is 0.253 e. The summed E-state index contributed by atoms with van der Waals surface area (Å²) in [6, 6.07) is 5.41. The first-order valence-electron chi connectivity index (χ1n) is 7.27. The zero-order valence-corrected chi connectivity index (χ0v) is 11.8. The molecule has 2 fully saturated rings. The molecule has 1 aromatic heterocycles. The molecule has 1 N–H and O–H groups in total. The first kappa shape index (κ1) is 14.0. The highest BCUT2D eigenvalue weighted by molar-refractivity contribution is 5.94. The Morgan fingerprint density at radius 1 is 1.38 bits per heavy atom. The van der Waals surface area contributed by atoms with Crippen molar-refractivity contribution in [3.05, 3.63) is 29.6 Å². The van der Waals surface area contributed by atoms with Crippen molar-refractivity contribution in [3.8, 4) is 6.07 Å². The lowest BCUT2D eigenvalue weighted by Gasteiger charge is -2.27. The number of hydrogen-bond donors (Lipinski definition) is 1. The molecule has 2 aliphatic heterocycles. The van der Waals surface area contributed by atoms with Crippen molar-refractivity contribution in [2.75, 3.05) is 26.3 Å². The number of nitrogens with one attached hydrogen (secondary N) is 1. The van der Waals surface area contributed by atoms with Crippen molar-refractivity contribution in [2.24, 2.45) is 0 Å². The number of rotatable bonds is 3. The number of amides is 1. The van der Waals surface area contributed by atoms with Crippen molar-refractivity contribution in [1.82, 2.24) is 15.2 Å². The molecule has 110 valence electrons. The molecule has 0 aromatic carbocycles. The first-order chi connectivity index (χ1) is 10.3. The van der Waals surface area contributed by atoms with Gasteiger partial charge in [-0.05, 0) is 38.1 Å². The fraction of sp³-hybridized carbons (Fsp3) is 0.533. The fourth-order valence-corrected chi connectivity index (χ4v) is 2.96. The number of hydrogen-bond acceptors (Lipinski definition) is 5. The third kappa shape index (κ3) is 3.04. The largest absolute Gasteiger partial charge is 0.378 e. The van der Waals surface area contributed by atoms with Gasteiger partial charge in [0.15, 0.2) is 0 Å². The number of carbonyl (C=O) groups excluding carboxylic acids is 1. The molecule has 2 saturated heterocycles. The molecule has 2 aliphatic rings. The molecule has 0 aliphatic carbocycles. The number of nitrogens with zero attached hydrogens (tertiary/aromatic N) is 3. The average Bonchev–Trinajstić information content (AvgIpc) is 3.18. The second kappa shape index (κ2) is 6.20. The molecule has 0 saturated carbocycles. The Morgan fingerprint density at radius 3 is 2.86 bits per heavy atom. The highest BCUT2D eigenvalue weighted by atomic mass is 16.5. The van der Waals surface area contributed by atoms with E-state index in [0.29, 0.717) is 24.5 Å². The van der Waals surface area contributed by atoms with Crippen LogP contribution in [-0.2, 0) is 4.74 Å². The van der Waals surface area contributed by atoms with Gasteiger partial charge in [0.1, 0.15) is 11.8 Å². The van der Waals surface area contributed by atoms with E-state index in [2.05, 4.69) is 15.2 Å². The van der Waals surface area contributed by atoms with E-state index in [4.69, 9.17) is 10.00 Å². The standard InChI is InChI=1S/C15H18N4O2/c16-7-12-4-3-11(8-17-12)15(20)18-13-9-21-10-14(13)19-5-1-2-6-19/h3-4,8,13-14H,1-2,5-6,9-10H2,(H,18,20)/t13-,14-/m1/s1. The van der Waals surface area contributed by atoms with Crippen LogP contribution in [0.4, 0.5) is 0 Å². The number of nitriles is 1. The van der Waals surface area contributed by atoms with Gasteiger partial charge in [-0.25, -0.2) is 4.98 Å². The molecule has 0 bridgehead atoms. The van der Waals surface area contributed by atoms with E-state index in [1.807, 2.05) is 6.07 Å². The first-order valence-corrected chi connectivity index (χ1v) is 7.27. The van der Waals surface area contributed by atoms with Gasteiger partial charge in [-0.1, -0.05) is 0 Å². The van der Waals surface area contributed by atoms with Gasteiger partial charge in [-0.15, -0.1) is 0 Å². The van der Waals surface area contributed by atoms with Gasteiger partial charge >= 0.3 is 0 Å². The minimum absolute atomic E-state index is 0.0197. The Labute approximate surface area is 123 Å². The highest BCUT2D eigenvalue weighted by Gasteiger charge is 2.35. The van der Waals surface area contributed by atoms with Crippen LogP contribution in [0.3, 0.4) is 0 Å². The Bertz CT molecular complexity index is 546. The molecule has 3 rings (SSSR count). The number of likely N-dealkylation sites (tertiary alicyclic amines) is 1. The summed E-state index contributed by atoms with van der Waals surface area (Å²) in [4.78, 5) is 18.6. The van der Waals surface area contributed by atoms with E-state index in [0.717, 1.165) is 13.1 Å². The topological polar surface area (TPSA) is 78.2 Å². The van der Waals surface area contributed by atoms with Crippen LogP contribution in [0.25, 0.3) is 0 Å². The Hall–Kier alpha value is -1.97. The maximum Gasteiger partial charge on any atom is 0.253 e. The molecule has 6 heteroatoms. The number of aromatic nitrogens is 1. The molecule has 3 heterocycles. The average molecular weight is 286 g/mol. The predicted molar refractivity (Wildman–Crippen MR) is 75.6 cm³/mol. The lowest BCUT2D eigenvalue weighted by molar-refractivity contribution is 0.0916. The lowest BCUT2D eigenvalue weighted by atomic mass is 10.1. The molecule has 6 nitrogen and oxygen atoms in total. The molecular formula is C15H18N4O2. The second-order valence-corrected chi connectivity index (χ2v) is 5.47. The van der Waals surface area contributed by atoms with Crippen LogP contribution in [0, 0.1) is 11.3 Å². The highest BCUT2D eigenvalue weighted by Crippen LogP contribution is 2.19. The lowest BCUT2D eigenvalue weighted by Crippen LogP contribution is -2.50. The predicted octanol–water partition coefficient (Wildman–Crippen LogP) is 0.546. The van der Waals surface area contributed by atoms with Gasteiger partial charge in [0.2, 0.25) is 0 Å². The molecule has 0 radical (unpaired) electrons. The summed E-state index contributed by atoms with van der Waals surface area (Å²) in [7, 11) is 0. The van der Waals surface area contributed by atoms with Crippen molar-refractivity contribution < 1.29 is 9.53 Å². The molecule has 2 atom stereocenters. The SMILES string of the molecule is N#Cc1ccc(C(=O)N[C@@H]2COC[C@H]2N2CCCC2)cn1. The summed E-state index contributed by atoms with van der Waals surface area (Å²) in [5.74, 6) is -0.160. The van der Waals surface area contributed by atoms with Crippen molar-refractivity contribution >= 4 is 5.91 Å². The minimum atomic E-state index is -0.160. The second-order valence-electron chi connectivity index (χ2n) is 5.47. The third-order valence-corrected chi connectivity index (χ3v) is 4.12. The van der Waals surface area contributed by atoms with E-state index < -0.39 is 0 Å². The van der Waals surface area contributed by atoms with Gasteiger partial charge in [0, 0.05) is 6.20 Å². The van der Waals surface area contributed by atoms with Gasteiger partial charge in [-0.3, -0.25) is 9.69 Å². The number of ether oxygens (including phenoxy) is 1. The summed E-state index contributed by atoms with van der Waals surface area (Å²) in [5, 5.41) is 11.7. The Kier molecular flexibility index (Phi) is 4.13. The van der Waals surface area contributed by atoms with Crippen molar-refractivity contribution in [2.45, 2.75) is 24.9 Å². The Morgan fingerprint density at radius 2 is 2.19 bits per heavy atom. The molecular weight excluding hydrogens is 268 g/mol. The number of pyridine rings is 1. The molecule has 1 aromatic rings. The summed E-state index contributed by atoms with van der Waals surface area (Å²) < 4.78 is 5.54. The van der Waals surface area contributed by atoms with Crippen LogP contribution < -0.4 is 5.32 Å². The molecule has 0 spiro atoms. The summed E-state index contributed by atoms with van der Waals surface area (Å²) >= 11 is 0. The molecule has 21 heavy (non-hydrogen) atoms. The van der Waals surface area contributed by atoms with Gasteiger partial charge < -0.3 is 10.1 Å². The van der Waals surface area contributed by atoms with Crippen LogP contribution in [0.1, 0.15) is 28.9 Å². The Balaban J connectivity index is 1.64. The van der Waals surface area contributed by atoms with Crippen LogP contribution in [0.15, 0.2) is 18.3 Å². The summed E-state index contributed by atoms with van der Waals surface area (Å²) in [6.07, 6.45) is 3.88.